The number of carbonyl (C=O) groups is 3. The van der Waals surface area contributed by atoms with Gasteiger partial charge in [-0.2, -0.15) is 0 Å². The molecule has 1 saturated heterocycles. The summed E-state index contributed by atoms with van der Waals surface area (Å²) < 4.78 is 1.68. The number of hydrogen-bond donors (Lipinski definition) is 1. The number of aromatic nitrogens is 4. The van der Waals surface area contributed by atoms with Gasteiger partial charge in [0.1, 0.15) is 0 Å². The second kappa shape index (κ2) is 11.7. The molecule has 2 fully saturated rings. The lowest BCUT2D eigenvalue weighted by atomic mass is 9.69. The summed E-state index contributed by atoms with van der Waals surface area (Å²) in [6, 6.07) is 11.9. The maximum absolute atomic E-state index is 13.2. The first kappa shape index (κ1) is 30.4. The van der Waals surface area contributed by atoms with Crippen LogP contribution in [0.15, 0.2) is 36.4 Å². The van der Waals surface area contributed by atoms with Crippen molar-refractivity contribution in [3.05, 3.63) is 87.0 Å². The van der Waals surface area contributed by atoms with E-state index in [2.05, 4.69) is 25.7 Å². The van der Waals surface area contributed by atoms with Crippen LogP contribution >= 0.6 is 0 Å². The normalized spacial score (nSPS) is 20.7. The maximum atomic E-state index is 13.2. The van der Waals surface area contributed by atoms with Gasteiger partial charge in [0.25, 0.3) is 11.8 Å². The van der Waals surface area contributed by atoms with E-state index < -0.39 is 5.41 Å². The van der Waals surface area contributed by atoms with Gasteiger partial charge in [0.15, 0.2) is 5.82 Å². The average Bonchev–Trinajstić information content (AvgIpc) is 3.53. The molecule has 3 atom stereocenters. The molecule has 1 aromatic heterocycles. The highest BCUT2D eigenvalue weighted by Crippen LogP contribution is 2.48. The quantitative estimate of drug-likeness (QED) is 0.306. The van der Waals surface area contributed by atoms with E-state index in [0.717, 1.165) is 35.1 Å². The third-order valence-corrected chi connectivity index (χ3v) is 9.57. The Bertz CT molecular complexity index is 1630. The highest BCUT2D eigenvalue weighted by atomic mass is 16.2. The van der Waals surface area contributed by atoms with Crippen molar-refractivity contribution in [1.82, 2.24) is 40.2 Å². The number of nitrogens with one attached hydrogen (secondary N) is 1. The topological polar surface area (TPSA) is 121 Å². The van der Waals surface area contributed by atoms with Gasteiger partial charge < -0.3 is 15.1 Å². The molecule has 2 aromatic carbocycles. The molecular formula is C33H39N9O3. The second-order valence-electron chi connectivity index (χ2n) is 12.8. The lowest BCUT2D eigenvalue weighted by molar-refractivity contribution is -0.131. The predicted octanol–water partition coefficient (Wildman–Crippen LogP) is 1.89. The minimum atomic E-state index is -0.844. The molecule has 45 heavy (non-hydrogen) atoms. The van der Waals surface area contributed by atoms with Crippen molar-refractivity contribution in [2.45, 2.75) is 49.7 Å². The van der Waals surface area contributed by atoms with Gasteiger partial charge in [0, 0.05) is 58.8 Å². The van der Waals surface area contributed by atoms with Crippen LogP contribution in [-0.2, 0) is 30.1 Å². The minimum Gasteiger partial charge on any atom is -0.345 e. The molecule has 3 aromatic rings. The number of carbonyl (C=O) groups excluding carboxylic acids is 3. The zero-order valence-corrected chi connectivity index (χ0v) is 26.4. The summed E-state index contributed by atoms with van der Waals surface area (Å²) in [6.45, 7) is 8.13. The number of hydrogen-bond acceptors (Lipinski definition) is 7. The molecule has 0 bridgehead atoms. The van der Waals surface area contributed by atoms with Crippen LogP contribution in [-0.4, -0.2) is 106 Å². The summed E-state index contributed by atoms with van der Waals surface area (Å²) in [5.74, 6) is 0.888. The van der Waals surface area contributed by atoms with Crippen LogP contribution in [0.4, 0.5) is 0 Å². The summed E-state index contributed by atoms with van der Waals surface area (Å²) in [6.07, 6.45) is 3.22. The Labute approximate surface area is 263 Å². The van der Waals surface area contributed by atoms with Crippen molar-refractivity contribution in [2.75, 3.05) is 41.3 Å². The van der Waals surface area contributed by atoms with Crippen LogP contribution in [0, 0.1) is 12.5 Å². The van der Waals surface area contributed by atoms with E-state index in [0.29, 0.717) is 48.7 Å². The van der Waals surface area contributed by atoms with Gasteiger partial charge in [-0.15, -0.1) is 5.10 Å². The van der Waals surface area contributed by atoms with E-state index >= 15 is 0 Å². The number of piperidine rings is 1. The molecule has 1 N–H and O–H groups in total. The second-order valence-corrected chi connectivity index (χ2v) is 12.8. The van der Waals surface area contributed by atoms with Gasteiger partial charge >= 0.3 is 6.17 Å². The van der Waals surface area contributed by atoms with Crippen LogP contribution in [0.3, 0.4) is 0 Å². The first-order valence-corrected chi connectivity index (χ1v) is 15.4. The Morgan fingerprint density at radius 1 is 0.978 bits per heavy atom. The predicted molar refractivity (Wildman–Crippen MR) is 166 cm³/mol. The Balaban J connectivity index is 1.41. The fourth-order valence-corrected chi connectivity index (χ4v) is 7.30. The molecule has 1 saturated carbocycles. The highest BCUT2D eigenvalue weighted by Gasteiger charge is 2.57. The number of rotatable bonds is 8. The molecule has 6 rings (SSSR count). The van der Waals surface area contributed by atoms with E-state index in [-0.39, 0.29) is 36.5 Å². The summed E-state index contributed by atoms with van der Waals surface area (Å²) in [5.41, 5.74) is 4.35. The van der Waals surface area contributed by atoms with Crippen molar-refractivity contribution >= 4 is 17.7 Å². The molecule has 2 aliphatic carbocycles. The van der Waals surface area contributed by atoms with Crippen LogP contribution in [0.1, 0.15) is 68.1 Å². The number of aryl methyl sites for hydroxylation is 3. The zero-order valence-electron chi connectivity index (χ0n) is 26.4. The van der Waals surface area contributed by atoms with Crippen molar-refractivity contribution in [3.63, 3.8) is 0 Å². The molecule has 0 spiro atoms. The molecule has 3 amide bonds. The van der Waals surface area contributed by atoms with E-state index in [1.807, 2.05) is 43.4 Å². The third kappa shape index (κ3) is 5.25. The fraction of sp³-hybridized carbons (Fsp3) is 0.485. The summed E-state index contributed by atoms with van der Waals surface area (Å²) in [5, 5.41) is 16.2. The van der Waals surface area contributed by atoms with Crippen molar-refractivity contribution in [3.8, 4) is 0 Å². The molecule has 12 heteroatoms. The van der Waals surface area contributed by atoms with Crippen molar-refractivity contribution in [1.29, 1.82) is 0 Å². The Morgan fingerprint density at radius 3 is 2.09 bits per heavy atom. The first-order valence-electron chi connectivity index (χ1n) is 15.4. The van der Waals surface area contributed by atoms with Crippen LogP contribution in [0.2, 0.25) is 0 Å². The molecule has 0 unspecified atom stereocenters. The van der Waals surface area contributed by atoms with E-state index in [4.69, 9.17) is 6.57 Å². The van der Waals surface area contributed by atoms with Crippen LogP contribution in [0.25, 0.3) is 4.85 Å². The summed E-state index contributed by atoms with van der Waals surface area (Å²) in [4.78, 5) is 47.8. The van der Waals surface area contributed by atoms with E-state index in [9.17, 15) is 14.4 Å². The van der Waals surface area contributed by atoms with E-state index in [1.54, 1.807) is 47.6 Å². The molecule has 234 valence electrons. The maximum Gasteiger partial charge on any atom is 0.301 e. The van der Waals surface area contributed by atoms with Crippen LogP contribution < -0.4 is 5.32 Å². The smallest absolute Gasteiger partial charge is 0.301 e. The van der Waals surface area contributed by atoms with Gasteiger partial charge in [-0.3, -0.25) is 24.1 Å². The van der Waals surface area contributed by atoms with Crippen molar-refractivity contribution in [2.24, 2.45) is 13.0 Å². The molecule has 1 aliphatic heterocycles. The molecule has 12 nitrogen and oxygen atoms in total. The largest absolute Gasteiger partial charge is 0.345 e. The Morgan fingerprint density at radius 2 is 1.58 bits per heavy atom. The SMILES string of the molecule is [C-]#[N+][C@@H]1C[C@@H]2C[C@@H]2N1C(=O)CNCCC1(c2nnnn2C)c2ccc(C(=O)N(C)C)cc2CCc2cc(C(=O)N(C)C)ccc21. The lowest BCUT2D eigenvalue weighted by Crippen LogP contribution is -2.43. The number of nitrogens with zero attached hydrogens (tertiary/aromatic N) is 8. The Hall–Kier alpha value is -4.63. The van der Waals surface area contributed by atoms with Gasteiger partial charge in [-0.05, 0) is 95.1 Å². The first-order chi connectivity index (χ1) is 21.6. The van der Waals surface area contributed by atoms with Crippen molar-refractivity contribution < 1.29 is 14.4 Å². The number of benzene rings is 2. The van der Waals surface area contributed by atoms with Crippen LogP contribution in [0.5, 0.6) is 0 Å². The molecular weight excluding hydrogens is 570 g/mol. The van der Waals surface area contributed by atoms with Gasteiger partial charge in [-0.1, -0.05) is 12.1 Å². The zero-order chi connectivity index (χ0) is 32.0. The average molecular weight is 610 g/mol. The third-order valence-electron chi connectivity index (χ3n) is 9.57. The summed E-state index contributed by atoms with van der Waals surface area (Å²) >= 11 is 0. The minimum absolute atomic E-state index is 0.0456. The fourth-order valence-electron chi connectivity index (χ4n) is 7.30. The lowest BCUT2D eigenvalue weighted by Gasteiger charge is -2.35. The summed E-state index contributed by atoms with van der Waals surface area (Å²) in [7, 11) is 8.77. The molecule has 3 aliphatic rings. The highest BCUT2D eigenvalue weighted by molar-refractivity contribution is 5.95. The molecule has 2 heterocycles. The van der Waals surface area contributed by atoms with Gasteiger partial charge in [0.05, 0.1) is 12.0 Å². The standard InChI is InChI=1S/C33H39N9O3/c1-34-28-18-24-17-27(24)42(28)29(43)19-35-14-13-33(32-36-37-38-41(32)6)25-11-9-22(30(44)39(2)3)15-20(25)7-8-21-16-23(10-12-26(21)33)31(45)40(4)5/h9-12,15-16,24,27-28,35H,7-8,13-14,17-19H2,2-6H3/t24-,27-,28-/m0/s1. The van der Waals surface area contributed by atoms with Gasteiger partial charge in [0.2, 0.25) is 5.91 Å². The number of tetrazole rings is 1. The van der Waals surface area contributed by atoms with E-state index in [1.165, 1.54) is 0 Å². The number of amides is 3. The monoisotopic (exact) mass is 609 g/mol. The van der Waals surface area contributed by atoms with Gasteiger partial charge in [-0.25, -0.2) is 11.3 Å². The Kier molecular flexibility index (Phi) is 7.91. The molecule has 0 radical (unpaired) electrons. The number of fused-ring (bicyclic) bond motifs is 3. The number of likely N-dealkylation sites (tertiary alicyclic amines) is 1.